The monoisotopic (exact) mass is 507 g/mol. The SMILES string of the molecule is COC(=O)C1=C(C(=O)OC)N(c2ccc(SC(F)(F)F)cc2F)C(N)=C(C#N)C1c1ccccc1. The standard InChI is InChI=1S/C23H17F4N3O4S/c1-33-21(31)18-17(12-6-4-3-5-7-12)14(11-28)20(29)30(19(18)22(32)34-2)16-9-8-13(10-15(16)24)35-23(25,26)27/h3-10,17H,29H2,1-2H3. The van der Waals surface area contributed by atoms with Crippen molar-refractivity contribution in [2.24, 2.45) is 5.73 Å². The second-order valence-corrected chi connectivity index (χ2v) is 8.13. The van der Waals surface area contributed by atoms with Crippen molar-refractivity contribution < 1.29 is 36.6 Å². The number of esters is 2. The number of ether oxygens (including phenoxy) is 2. The average Bonchev–Trinajstić information content (AvgIpc) is 2.82. The summed E-state index contributed by atoms with van der Waals surface area (Å²) in [7, 11) is 2.06. The molecule has 0 aromatic heterocycles. The number of nitriles is 1. The van der Waals surface area contributed by atoms with Crippen molar-refractivity contribution in [3.8, 4) is 6.07 Å². The molecule has 0 amide bonds. The number of thioether (sulfide) groups is 1. The Kier molecular flexibility index (Phi) is 7.40. The van der Waals surface area contributed by atoms with E-state index in [1.807, 2.05) is 6.07 Å². The molecular weight excluding hydrogens is 490 g/mol. The van der Waals surface area contributed by atoms with Gasteiger partial charge in [0.2, 0.25) is 0 Å². The van der Waals surface area contributed by atoms with Crippen molar-refractivity contribution in [2.45, 2.75) is 16.3 Å². The molecule has 35 heavy (non-hydrogen) atoms. The van der Waals surface area contributed by atoms with Crippen LogP contribution in [0.15, 0.2) is 76.1 Å². The lowest BCUT2D eigenvalue weighted by Gasteiger charge is -2.36. The second kappa shape index (κ2) is 10.1. The van der Waals surface area contributed by atoms with Crippen molar-refractivity contribution in [3.63, 3.8) is 0 Å². The Morgan fingerprint density at radius 1 is 1.09 bits per heavy atom. The number of benzene rings is 2. The third kappa shape index (κ3) is 5.09. The van der Waals surface area contributed by atoms with Gasteiger partial charge in [-0.15, -0.1) is 0 Å². The fourth-order valence-corrected chi connectivity index (χ4v) is 4.20. The van der Waals surface area contributed by atoms with Crippen molar-refractivity contribution in [1.29, 1.82) is 5.26 Å². The van der Waals surface area contributed by atoms with Crippen molar-refractivity contribution >= 4 is 29.4 Å². The fourth-order valence-electron chi connectivity index (χ4n) is 3.63. The van der Waals surface area contributed by atoms with E-state index in [2.05, 4.69) is 0 Å². The number of anilines is 1. The molecule has 1 aliphatic rings. The number of hydrogen-bond donors (Lipinski definition) is 1. The maximum Gasteiger partial charge on any atom is 0.446 e. The summed E-state index contributed by atoms with van der Waals surface area (Å²) in [4.78, 5) is 26.1. The molecule has 1 atom stereocenters. The van der Waals surface area contributed by atoms with Crippen molar-refractivity contribution in [3.05, 3.63) is 82.6 Å². The smallest absolute Gasteiger partial charge is 0.446 e. The number of halogens is 4. The Morgan fingerprint density at radius 3 is 2.23 bits per heavy atom. The maximum atomic E-state index is 15.1. The first-order valence-electron chi connectivity index (χ1n) is 9.75. The maximum absolute atomic E-state index is 15.1. The van der Waals surface area contributed by atoms with E-state index in [1.165, 1.54) is 0 Å². The molecule has 1 heterocycles. The minimum absolute atomic E-state index is 0.211. The van der Waals surface area contributed by atoms with E-state index in [0.29, 0.717) is 11.6 Å². The second-order valence-electron chi connectivity index (χ2n) is 7.00. The van der Waals surface area contributed by atoms with Gasteiger partial charge in [0.15, 0.2) is 0 Å². The van der Waals surface area contributed by atoms with Crippen LogP contribution in [0.3, 0.4) is 0 Å². The predicted octanol–water partition coefficient (Wildman–Crippen LogP) is 4.34. The van der Waals surface area contributed by atoms with Crippen molar-refractivity contribution in [1.82, 2.24) is 0 Å². The molecule has 7 nitrogen and oxygen atoms in total. The van der Waals surface area contributed by atoms with Crippen LogP contribution in [0.2, 0.25) is 0 Å². The third-order valence-corrected chi connectivity index (χ3v) is 5.73. The van der Waals surface area contributed by atoms with Crippen LogP contribution in [0, 0.1) is 17.1 Å². The van der Waals surface area contributed by atoms with Gasteiger partial charge in [-0.25, -0.2) is 14.0 Å². The van der Waals surface area contributed by atoms with Gasteiger partial charge < -0.3 is 15.2 Å². The van der Waals surface area contributed by atoms with Gasteiger partial charge in [0.1, 0.15) is 17.3 Å². The minimum Gasteiger partial charge on any atom is -0.466 e. The number of carbonyl (C=O) groups is 2. The first-order chi connectivity index (χ1) is 16.5. The Morgan fingerprint density at radius 2 is 1.71 bits per heavy atom. The van der Waals surface area contributed by atoms with Crippen LogP contribution in [0.5, 0.6) is 0 Å². The summed E-state index contributed by atoms with van der Waals surface area (Å²) in [6, 6.07) is 12.5. The summed E-state index contributed by atoms with van der Waals surface area (Å²) in [5, 5.41) is 9.93. The highest BCUT2D eigenvalue weighted by Gasteiger charge is 2.43. The molecule has 0 saturated carbocycles. The van der Waals surface area contributed by atoms with Gasteiger partial charge in [0.25, 0.3) is 0 Å². The highest BCUT2D eigenvalue weighted by atomic mass is 32.2. The predicted molar refractivity (Wildman–Crippen MR) is 118 cm³/mol. The van der Waals surface area contributed by atoms with Gasteiger partial charge in [-0.2, -0.15) is 18.4 Å². The molecule has 12 heteroatoms. The Bertz CT molecular complexity index is 1270. The number of methoxy groups -OCH3 is 2. The van der Waals surface area contributed by atoms with Crippen LogP contribution < -0.4 is 10.6 Å². The number of allylic oxidation sites excluding steroid dienone is 1. The molecule has 0 radical (unpaired) electrons. The van der Waals surface area contributed by atoms with E-state index in [4.69, 9.17) is 15.2 Å². The summed E-state index contributed by atoms with van der Waals surface area (Å²) < 4.78 is 63.0. The number of alkyl halides is 3. The van der Waals surface area contributed by atoms with Crippen LogP contribution in [0.25, 0.3) is 0 Å². The molecule has 2 aromatic carbocycles. The molecule has 0 fully saturated rings. The summed E-state index contributed by atoms with van der Waals surface area (Å²) in [6.07, 6.45) is 0. The number of carbonyl (C=O) groups excluding carboxylic acids is 2. The zero-order valence-electron chi connectivity index (χ0n) is 18.2. The van der Waals surface area contributed by atoms with Gasteiger partial charge in [0.05, 0.1) is 43.0 Å². The summed E-state index contributed by atoms with van der Waals surface area (Å²) >= 11 is -0.537. The van der Waals surface area contributed by atoms with Crippen LogP contribution in [-0.2, 0) is 19.1 Å². The summed E-state index contributed by atoms with van der Waals surface area (Å²) in [5.74, 6) is -4.90. The summed E-state index contributed by atoms with van der Waals surface area (Å²) in [6.45, 7) is 0. The van der Waals surface area contributed by atoms with Gasteiger partial charge in [0, 0.05) is 4.90 Å². The molecule has 0 aliphatic carbocycles. The van der Waals surface area contributed by atoms with E-state index in [1.54, 1.807) is 30.3 Å². The molecule has 2 N–H and O–H groups in total. The van der Waals surface area contributed by atoms with E-state index in [-0.39, 0.29) is 11.1 Å². The van der Waals surface area contributed by atoms with Crippen LogP contribution in [-0.4, -0.2) is 31.7 Å². The van der Waals surface area contributed by atoms with Gasteiger partial charge in [-0.3, -0.25) is 4.90 Å². The number of hydrogen-bond acceptors (Lipinski definition) is 8. The van der Waals surface area contributed by atoms with Crippen LogP contribution in [0.1, 0.15) is 11.5 Å². The molecular formula is C23H17F4N3O4S. The Hall–Kier alpha value is -3.98. The zero-order chi connectivity index (χ0) is 25.9. The molecule has 3 rings (SSSR count). The molecule has 1 aliphatic heterocycles. The lowest BCUT2D eigenvalue weighted by Crippen LogP contribution is -2.41. The largest absolute Gasteiger partial charge is 0.466 e. The molecule has 0 bridgehead atoms. The quantitative estimate of drug-likeness (QED) is 0.362. The molecule has 0 spiro atoms. The Balaban J connectivity index is 2.34. The lowest BCUT2D eigenvalue weighted by atomic mass is 9.81. The molecule has 182 valence electrons. The van der Waals surface area contributed by atoms with E-state index >= 15 is 4.39 Å². The first kappa shape index (κ1) is 25.6. The highest BCUT2D eigenvalue weighted by molar-refractivity contribution is 8.00. The van der Waals surface area contributed by atoms with Crippen LogP contribution in [0.4, 0.5) is 23.2 Å². The minimum atomic E-state index is -4.66. The molecule has 0 saturated heterocycles. The van der Waals surface area contributed by atoms with Crippen LogP contribution >= 0.6 is 11.8 Å². The topological polar surface area (TPSA) is 106 Å². The van der Waals surface area contributed by atoms with Crippen molar-refractivity contribution in [2.75, 3.05) is 19.1 Å². The molecule has 2 aromatic rings. The van der Waals surface area contributed by atoms with Gasteiger partial charge in [-0.1, -0.05) is 30.3 Å². The van der Waals surface area contributed by atoms with E-state index in [9.17, 15) is 28.0 Å². The third-order valence-electron chi connectivity index (χ3n) is 5.00. The summed E-state index contributed by atoms with van der Waals surface area (Å²) in [5.41, 5.74) is 0.385. The first-order valence-corrected chi connectivity index (χ1v) is 10.6. The Labute approximate surface area is 201 Å². The zero-order valence-corrected chi connectivity index (χ0v) is 19.0. The van der Waals surface area contributed by atoms with E-state index in [0.717, 1.165) is 31.3 Å². The highest BCUT2D eigenvalue weighted by Crippen LogP contribution is 2.44. The van der Waals surface area contributed by atoms with E-state index < -0.39 is 63.0 Å². The molecule has 1 unspecified atom stereocenters. The number of nitrogens with zero attached hydrogens (tertiary/aromatic N) is 2. The van der Waals surface area contributed by atoms with Gasteiger partial charge >= 0.3 is 17.4 Å². The number of rotatable bonds is 5. The fraction of sp³-hybridized carbons (Fsp3) is 0.174. The van der Waals surface area contributed by atoms with Gasteiger partial charge in [-0.05, 0) is 35.5 Å². The normalized spacial score (nSPS) is 16.1. The number of nitrogens with two attached hydrogens (primary N) is 1. The average molecular weight is 507 g/mol. The lowest BCUT2D eigenvalue weighted by molar-refractivity contribution is -0.139.